The van der Waals surface area contributed by atoms with Crippen LogP contribution >= 0.6 is 11.6 Å². The molecule has 0 saturated heterocycles. The number of imidazole rings is 1. The van der Waals surface area contributed by atoms with Gasteiger partial charge in [-0.1, -0.05) is 23.7 Å². The van der Waals surface area contributed by atoms with E-state index in [1.807, 2.05) is 18.5 Å². The highest BCUT2D eigenvalue weighted by Gasteiger charge is 2.21. The van der Waals surface area contributed by atoms with Crippen LogP contribution in [0.5, 0.6) is 0 Å². The number of anilines is 3. The fourth-order valence-electron chi connectivity index (χ4n) is 3.84. The second-order valence-corrected chi connectivity index (χ2v) is 8.64. The van der Waals surface area contributed by atoms with E-state index in [0.29, 0.717) is 41.1 Å². The number of nitrogen functional groups attached to an aromatic ring is 1. The molecule has 2 aromatic heterocycles. The maximum Gasteiger partial charge on any atom is 0.227 e. The number of nitrogens with two attached hydrogens (primary N) is 2. The van der Waals surface area contributed by atoms with Crippen LogP contribution < -0.4 is 22.1 Å². The molecule has 0 atom stereocenters. The number of hydrogen-bond acceptors (Lipinski definition) is 7. The number of nitrogens with zero attached hydrogens (tertiary/aromatic N) is 4. The first-order valence-electron chi connectivity index (χ1n) is 10.5. The lowest BCUT2D eigenvalue weighted by Crippen LogP contribution is -2.33. The highest BCUT2D eigenvalue weighted by Crippen LogP contribution is 2.27. The Morgan fingerprint density at radius 3 is 2.70 bits per heavy atom. The molecule has 0 amide bonds. The minimum absolute atomic E-state index is 0.238. The number of nitrogens with one attached hydrogen (secondary N) is 2. The topological polar surface area (TPSA) is 120 Å². The molecule has 160 valence electrons. The van der Waals surface area contributed by atoms with Crippen LogP contribution in [0, 0.1) is 0 Å². The number of halogens is 1. The molecule has 1 fully saturated rings. The third-order valence-electron chi connectivity index (χ3n) is 5.67. The van der Waals surface area contributed by atoms with Crippen molar-refractivity contribution in [1.82, 2.24) is 19.5 Å². The van der Waals surface area contributed by atoms with Gasteiger partial charge in [-0.3, -0.25) is 0 Å². The summed E-state index contributed by atoms with van der Waals surface area (Å²) in [5.74, 6) is 1.28. The molecular weight excluding hydrogens is 400 g/mol. The van der Waals surface area contributed by atoms with E-state index in [9.17, 15) is 0 Å². The number of benzene rings is 1. The van der Waals surface area contributed by atoms with Gasteiger partial charge in [-0.05, 0) is 51.2 Å². The molecule has 4 rings (SSSR count). The van der Waals surface area contributed by atoms with Crippen molar-refractivity contribution < 1.29 is 0 Å². The smallest absolute Gasteiger partial charge is 0.227 e. The van der Waals surface area contributed by atoms with Crippen molar-refractivity contribution >= 4 is 40.2 Å². The summed E-state index contributed by atoms with van der Waals surface area (Å²) in [7, 11) is 0. The zero-order chi connectivity index (χ0) is 21.3. The van der Waals surface area contributed by atoms with E-state index in [1.165, 1.54) is 0 Å². The van der Waals surface area contributed by atoms with Gasteiger partial charge in [0.2, 0.25) is 5.95 Å². The predicted molar refractivity (Wildman–Crippen MR) is 123 cm³/mol. The zero-order valence-electron chi connectivity index (χ0n) is 17.4. The van der Waals surface area contributed by atoms with Gasteiger partial charge in [-0.2, -0.15) is 9.97 Å². The predicted octanol–water partition coefficient (Wildman–Crippen LogP) is 3.94. The monoisotopic (exact) mass is 428 g/mol. The van der Waals surface area contributed by atoms with E-state index in [0.717, 1.165) is 42.4 Å². The van der Waals surface area contributed by atoms with Crippen LogP contribution in [0.3, 0.4) is 0 Å². The maximum atomic E-state index is 6.16. The van der Waals surface area contributed by atoms with Crippen LogP contribution in [-0.2, 0) is 6.54 Å². The van der Waals surface area contributed by atoms with E-state index in [4.69, 9.17) is 33.0 Å². The van der Waals surface area contributed by atoms with Crippen molar-refractivity contribution in [2.24, 2.45) is 5.73 Å². The summed E-state index contributed by atoms with van der Waals surface area (Å²) in [4.78, 5) is 14.1. The van der Waals surface area contributed by atoms with Crippen molar-refractivity contribution in [2.75, 3.05) is 16.4 Å². The summed E-state index contributed by atoms with van der Waals surface area (Å²) in [6.07, 6.45) is 5.89. The normalized spacial score (nSPS) is 19.4. The molecule has 1 aliphatic rings. The first kappa shape index (κ1) is 20.7. The van der Waals surface area contributed by atoms with Crippen molar-refractivity contribution in [3.63, 3.8) is 0 Å². The van der Waals surface area contributed by atoms with E-state index in [2.05, 4.69) is 34.0 Å². The molecule has 3 aromatic rings. The first-order valence-corrected chi connectivity index (χ1v) is 10.8. The molecule has 1 saturated carbocycles. The maximum absolute atomic E-state index is 6.16. The third-order valence-corrected chi connectivity index (χ3v) is 6.00. The van der Waals surface area contributed by atoms with Gasteiger partial charge in [0.15, 0.2) is 17.0 Å². The van der Waals surface area contributed by atoms with Crippen LogP contribution in [-0.4, -0.2) is 31.6 Å². The molecule has 6 N–H and O–H groups in total. The van der Waals surface area contributed by atoms with Gasteiger partial charge in [0, 0.05) is 24.7 Å². The summed E-state index contributed by atoms with van der Waals surface area (Å²) >= 11 is 6.16. The number of fused-ring (bicyclic) bond motifs is 1. The van der Waals surface area contributed by atoms with Crippen molar-refractivity contribution in [2.45, 2.75) is 64.2 Å². The van der Waals surface area contributed by atoms with Gasteiger partial charge in [0.05, 0.1) is 17.0 Å². The Bertz CT molecular complexity index is 1020. The summed E-state index contributed by atoms with van der Waals surface area (Å²) in [6.45, 7) is 4.71. The average Bonchev–Trinajstić information content (AvgIpc) is 3.15. The average molecular weight is 429 g/mol. The van der Waals surface area contributed by atoms with Crippen molar-refractivity contribution in [3.05, 3.63) is 35.1 Å². The molecule has 0 radical (unpaired) electrons. The lowest BCUT2D eigenvalue weighted by atomic mass is 9.92. The van der Waals surface area contributed by atoms with Crippen molar-refractivity contribution in [1.29, 1.82) is 0 Å². The summed E-state index contributed by atoms with van der Waals surface area (Å²) < 4.78 is 2.05. The standard InChI is InChI=1S/C21H29ClN8/c1-12(2)30-11-26-18-19(25-10-13-4-3-5-16(22)17(13)24)28-21(29-20(18)30)27-15-8-6-14(23)7-9-15/h3-5,11-12,14-15H,6-10,23-24H2,1-2H3,(H2,25,27,28,29). The SMILES string of the molecule is CC(C)n1cnc2c(NCc3cccc(Cl)c3N)nc(NC3CCC(N)CC3)nc21. The lowest BCUT2D eigenvalue weighted by molar-refractivity contribution is 0.410. The van der Waals surface area contributed by atoms with Crippen LogP contribution in [0.25, 0.3) is 11.2 Å². The molecule has 9 heteroatoms. The Balaban J connectivity index is 1.64. The molecule has 8 nitrogen and oxygen atoms in total. The van der Waals surface area contributed by atoms with Crippen LogP contribution in [0.2, 0.25) is 5.02 Å². The van der Waals surface area contributed by atoms with Gasteiger partial charge in [0.1, 0.15) is 0 Å². The lowest BCUT2D eigenvalue weighted by Gasteiger charge is -2.27. The van der Waals surface area contributed by atoms with Crippen LogP contribution in [0.15, 0.2) is 24.5 Å². The fraction of sp³-hybridized carbons (Fsp3) is 0.476. The molecule has 1 aliphatic carbocycles. The van der Waals surface area contributed by atoms with Gasteiger partial charge in [-0.15, -0.1) is 0 Å². The zero-order valence-corrected chi connectivity index (χ0v) is 18.2. The summed E-state index contributed by atoms with van der Waals surface area (Å²) in [5, 5.41) is 7.43. The largest absolute Gasteiger partial charge is 0.397 e. The molecule has 0 aliphatic heterocycles. The Morgan fingerprint density at radius 2 is 1.97 bits per heavy atom. The second kappa shape index (κ2) is 8.65. The van der Waals surface area contributed by atoms with E-state index >= 15 is 0 Å². The van der Waals surface area contributed by atoms with E-state index in [-0.39, 0.29) is 6.04 Å². The molecule has 0 spiro atoms. The number of rotatable bonds is 6. The van der Waals surface area contributed by atoms with Gasteiger partial charge in [0.25, 0.3) is 0 Å². The Hall–Kier alpha value is -2.58. The Morgan fingerprint density at radius 1 is 1.20 bits per heavy atom. The highest BCUT2D eigenvalue weighted by molar-refractivity contribution is 6.33. The van der Waals surface area contributed by atoms with E-state index in [1.54, 1.807) is 6.07 Å². The minimum Gasteiger partial charge on any atom is -0.397 e. The third kappa shape index (κ3) is 4.29. The second-order valence-electron chi connectivity index (χ2n) is 8.24. The molecule has 0 unspecified atom stereocenters. The van der Waals surface area contributed by atoms with Crippen molar-refractivity contribution in [3.8, 4) is 0 Å². The van der Waals surface area contributed by atoms with Gasteiger partial charge in [-0.25, -0.2) is 4.98 Å². The quantitative estimate of drug-likeness (QED) is 0.439. The molecular formula is C21H29ClN8. The van der Waals surface area contributed by atoms with Gasteiger partial charge >= 0.3 is 0 Å². The Labute approximate surface area is 181 Å². The number of hydrogen-bond donors (Lipinski definition) is 4. The summed E-state index contributed by atoms with van der Waals surface area (Å²) in [5.41, 5.74) is 15.2. The van der Waals surface area contributed by atoms with Crippen LogP contribution in [0.1, 0.15) is 51.1 Å². The number of para-hydroxylation sites is 1. The minimum atomic E-state index is 0.238. The highest BCUT2D eigenvalue weighted by atomic mass is 35.5. The molecule has 30 heavy (non-hydrogen) atoms. The van der Waals surface area contributed by atoms with Gasteiger partial charge < -0.3 is 26.7 Å². The first-order chi connectivity index (χ1) is 14.4. The molecule has 2 heterocycles. The van der Waals surface area contributed by atoms with Crippen LogP contribution in [0.4, 0.5) is 17.5 Å². The fourth-order valence-corrected chi connectivity index (χ4v) is 4.04. The molecule has 0 bridgehead atoms. The Kier molecular flexibility index (Phi) is 5.97. The van der Waals surface area contributed by atoms with E-state index < -0.39 is 0 Å². The summed E-state index contributed by atoms with van der Waals surface area (Å²) in [6, 6.07) is 6.49. The number of aromatic nitrogens is 4. The molecule has 1 aromatic carbocycles.